The van der Waals surface area contributed by atoms with E-state index in [1.165, 1.54) is 17.0 Å². The zero-order chi connectivity index (χ0) is 19.4. The van der Waals surface area contributed by atoms with Crippen molar-refractivity contribution in [2.45, 2.75) is 10.5 Å². The highest BCUT2D eigenvalue weighted by molar-refractivity contribution is 8.00. The third-order valence-corrected chi connectivity index (χ3v) is 4.77. The van der Waals surface area contributed by atoms with Crippen LogP contribution in [0.25, 0.3) is 11.5 Å². The molecule has 0 saturated carbocycles. The first kappa shape index (κ1) is 18.6. The number of thioether (sulfide) groups is 1. The molecule has 0 bridgehead atoms. The maximum absolute atomic E-state index is 12.6. The Morgan fingerprint density at radius 1 is 1.15 bits per heavy atom. The van der Waals surface area contributed by atoms with Crippen molar-refractivity contribution in [1.29, 1.82) is 0 Å². The fourth-order valence-electron chi connectivity index (χ4n) is 2.35. The quantitative estimate of drug-likeness (QED) is 0.364. The van der Waals surface area contributed by atoms with Crippen LogP contribution in [0.2, 0.25) is 0 Å². The van der Waals surface area contributed by atoms with E-state index in [1.807, 2.05) is 30.3 Å². The molecule has 138 valence electrons. The van der Waals surface area contributed by atoms with Gasteiger partial charge in [-0.05, 0) is 23.4 Å². The van der Waals surface area contributed by atoms with Gasteiger partial charge < -0.3 is 9.32 Å². The van der Waals surface area contributed by atoms with Gasteiger partial charge in [0.2, 0.25) is 11.8 Å². The van der Waals surface area contributed by atoms with Crippen molar-refractivity contribution in [2.24, 2.45) is 0 Å². The molecule has 0 spiro atoms. The molecule has 0 N–H and O–H groups in total. The smallest absolute Gasteiger partial charge is 0.277 e. The van der Waals surface area contributed by atoms with Crippen molar-refractivity contribution in [3.05, 3.63) is 70.3 Å². The van der Waals surface area contributed by atoms with Crippen LogP contribution in [0.3, 0.4) is 0 Å². The lowest BCUT2D eigenvalue weighted by Crippen LogP contribution is -2.26. The minimum absolute atomic E-state index is 0.0650. The summed E-state index contributed by atoms with van der Waals surface area (Å²) in [5, 5.41) is 18.5. The summed E-state index contributed by atoms with van der Waals surface area (Å²) < 4.78 is 5.63. The molecule has 8 nitrogen and oxygen atoms in total. The zero-order valence-electron chi connectivity index (χ0n) is 14.6. The van der Waals surface area contributed by atoms with Gasteiger partial charge in [0, 0.05) is 31.8 Å². The minimum atomic E-state index is -0.542. The molecular formula is C18H16N4O4S. The van der Waals surface area contributed by atoms with Crippen LogP contribution < -0.4 is 0 Å². The van der Waals surface area contributed by atoms with E-state index in [0.29, 0.717) is 5.56 Å². The predicted octanol–water partition coefficient (Wildman–Crippen LogP) is 3.57. The molecule has 0 fully saturated rings. The van der Waals surface area contributed by atoms with Crippen molar-refractivity contribution in [3.63, 3.8) is 0 Å². The Labute approximate surface area is 159 Å². The summed E-state index contributed by atoms with van der Waals surface area (Å²) in [6, 6.07) is 15.2. The van der Waals surface area contributed by atoms with Crippen LogP contribution in [-0.2, 0) is 4.79 Å². The second-order valence-electron chi connectivity index (χ2n) is 5.82. The van der Waals surface area contributed by atoms with Crippen LogP contribution in [0.5, 0.6) is 0 Å². The summed E-state index contributed by atoms with van der Waals surface area (Å²) in [6.07, 6.45) is 0. The zero-order valence-corrected chi connectivity index (χ0v) is 15.4. The summed E-state index contributed by atoms with van der Waals surface area (Å²) >= 11 is 1.14. The highest BCUT2D eigenvalue weighted by atomic mass is 32.2. The van der Waals surface area contributed by atoms with Crippen LogP contribution in [0, 0.1) is 10.1 Å². The highest BCUT2D eigenvalue weighted by Crippen LogP contribution is 2.37. The molecule has 0 saturated heterocycles. The van der Waals surface area contributed by atoms with Crippen molar-refractivity contribution in [1.82, 2.24) is 15.1 Å². The Kier molecular flexibility index (Phi) is 5.51. The summed E-state index contributed by atoms with van der Waals surface area (Å²) in [7, 11) is 3.36. The SMILES string of the molecule is CN(C)C(=O)[C@@H](Sc1nnc(-c2cccc([N+](=O)[O-])c2)o1)c1ccccc1. The first-order valence-electron chi connectivity index (χ1n) is 7.97. The monoisotopic (exact) mass is 384 g/mol. The molecule has 3 aromatic rings. The average molecular weight is 384 g/mol. The summed E-state index contributed by atoms with van der Waals surface area (Å²) in [6.45, 7) is 0. The molecule has 0 unspecified atom stereocenters. The molecule has 2 aromatic carbocycles. The van der Waals surface area contributed by atoms with E-state index in [4.69, 9.17) is 4.42 Å². The van der Waals surface area contributed by atoms with Gasteiger partial charge in [-0.2, -0.15) is 0 Å². The topological polar surface area (TPSA) is 102 Å². The average Bonchev–Trinajstić information content (AvgIpc) is 3.15. The summed E-state index contributed by atoms with van der Waals surface area (Å²) in [4.78, 5) is 24.5. The molecule has 1 heterocycles. The van der Waals surface area contributed by atoms with Crippen LogP contribution in [-0.4, -0.2) is 40.0 Å². The number of non-ortho nitro benzene ring substituents is 1. The van der Waals surface area contributed by atoms with Gasteiger partial charge >= 0.3 is 0 Å². The van der Waals surface area contributed by atoms with Crippen LogP contribution in [0.4, 0.5) is 5.69 Å². The fraction of sp³-hybridized carbons (Fsp3) is 0.167. The van der Waals surface area contributed by atoms with Crippen LogP contribution in [0.1, 0.15) is 10.8 Å². The standard InChI is InChI=1S/C18H16N4O4S/c1-21(2)17(23)15(12-7-4-3-5-8-12)27-18-20-19-16(26-18)13-9-6-10-14(11-13)22(24)25/h3-11,15H,1-2H3/t15-/m0/s1. The molecule has 9 heteroatoms. The Hall–Kier alpha value is -3.20. The molecule has 0 aliphatic rings. The highest BCUT2D eigenvalue weighted by Gasteiger charge is 2.26. The maximum Gasteiger partial charge on any atom is 0.277 e. The van der Waals surface area contributed by atoms with Gasteiger partial charge in [0.25, 0.3) is 10.9 Å². The largest absolute Gasteiger partial charge is 0.411 e. The van der Waals surface area contributed by atoms with Gasteiger partial charge in [0.15, 0.2) is 0 Å². The number of hydrogen-bond acceptors (Lipinski definition) is 7. The molecule has 27 heavy (non-hydrogen) atoms. The number of nitrogens with zero attached hydrogens (tertiary/aromatic N) is 4. The van der Waals surface area contributed by atoms with E-state index in [-0.39, 0.29) is 22.7 Å². The van der Waals surface area contributed by atoms with Crippen molar-refractivity contribution in [2.75, 3.05) is 14.1 Å². The number of rotatable bonds is 6. The van der Waals surface area contributed by atoms with Gasteiger partial charge in [-0.1, -0.05) is 36.4 Å². The van der Waals surface area contributed by atoms with E-state index in [1.54, 1.807) is 26.2 Å². The Morgan fingerprint density at radius 3 is 2.56 bits per heavy atom. The van der Waals surface area contributed by atoms with Gasteiger partial charge in [-0.15, -0.1) is 10.2 Å². The summed E-state index contributed by atoms with van der Waals surface area (Å²) in [5.74, 6) is 0.0478. The normalized spacial score (nSPS) is 11.8. The molecular weight excluding hydrogens is 368 g/mol. The molecule has 0 aliphatic heterocycles. The minimum Gasteiger partial charge on any atom is -0.411 e. The molecule has 3 rings (SSSR count). The summed E-state index contributed by atoms with van der Waals surface area (Å²) in [5.41, 5.74) is 1.19. The fourth-order valence-corrected chi connectivity index (χ4v) is 3.37. The first-order valence-corrected chi connectivity index (χ1v) is 8.85. The number of carbonyl (C=O) groups excluding carboxylic acids is 1. The first-order chi connectivity index (χ1) is 13.0. The van der Waals surface area contributed by atoms with E-state index < -0.39 is 10.2 Å². The maximum atomic E-state index is 12.6. The van der Waals surface area contributed by atoms with Crippen LogP contribution >= 0.6 is 11.8 Å². The van der Waals surface area contributed by atoms with E-state index in [0.717, 1.165) is 17.3 Å². The lowest BCUT2D eigenvalue weighted by molar-refractivity contribution is -0.384. The van der Waals surface area contributed by atoms with Crippen molar-refractivity contribution in [3.8, 4) is 11.5 Å². The van der Waals surface area contributed by atoms with E-state index >= 15 is 0 Å². The lowest BCUT2D eigenvalue weighted by atomic mass is 10.1. The molecule has 0 aliphatic carbocycles. The number of benzene rings is 2. The Balaban J connectivity index is 1.87. The van der Waals surface area contributed by atoms with Gasteiger partial charge in [-0.3, -0.25) is 14.9 Å². The number of nitro groups is 1. The van der Waals surface area contributed by atoms with Crippen LogP contribution in [0.15, 0.2) is 64.2 Å². The number of likely N-dealkylation sites (N-methyl/N-ethyl adjacent to an activating group) is 1. The number of carbonyl (C=O) groups is 1. The van der Waals surface area contributed by atoms with E-state index in [9.17, 15) is 14.9 Å². The van der Waals surface area contributed by atoms with Gasteiger partial charge in [0.05, 0.1) is 4.92 Å². The lowest BCUT2D eigenvalue weighted by Gasteiger charge is -2.18. The predicted molar refractivity (Wildman–Crippen MR) is 100 cm³/mol. The second-order valence-corrected chi connectivity index (χ2v) is 6.88. The van der Waals surface area contributed by atoms with E-state index in [2.05, 4.69) is 10.2 Å². The number of amides is 1. The Morgan fingerprint density at radius 2 is 1.89 bits per heavy atom. The van der Waals surface area contributed by atoms with Gasteiger partial charge in [0.1, 0.15) is 5.25 Å². The van der Waals surface area contributed by atoms with Crippen molar-refractivity contribution < 1.29 is 14.1 Å². The molecule has 1 amide bonds. The second kappa shape index (κ2) is 8.00. The molecule has 1 aromatic heterocycles. The number of aromatic nitrogens is 2. The third-order valence-electron chi connectivity index (χ3n) is 3.70. The molecule has 0 radical (unpaired) electrons. The Bertz CT molecular complexity index is 959. The van der Waals surface area contributed by atoms with Gasteiger partial charge in [-0.25, -0.2) is 0 Å². The molecule has 1 atom stereocenters. The third kappa shape index (κ3) is 4.32. The number of nitro benzene ring substituents is 1. The van der Waals surface area contributed by atoms with Crippen molar-refractivity contribution >= 4 is 23.4 Å². The number of hydrogen-bond donors (Lipinski definition) is 0.